The van der Waals surface area contributed by atoms with Crippen molar-refractivity contribution in [2.24, 2.45) is 5.73 Å². The second kappa shape index (κ2) is 12.4. The van der Waals surface area contributed by atoms with E-state index >= 15 is 0 Å². The van der Waals surface area contributed by atoms with Gasteiger partial charge in [0.1, 0.15) is 12.6 Å². The third-order valence-corrected chi connectivity index (χ3v) is 3.47. The Kier molecular flexibility index (Phi) is 10.3. The highest BCUT2D eigenvalue weighted by atomic mass is 16.5. The molecular weight excluding hydrogens is 308 g/mol. The van der Waals surface area contributed by atoms with Crippen molar-refractivity contribution in [1.29, 1.82) is 0 Å². The van der Waals surface area contributed by atoms with Crippen LogP contribution in [0.4, 0.5) is 4.79 Å². The van der Waals surface area contributed by atoms with Crippen molar-refractivity contribution in [2.45, 2.75) is 51.7 Å². The summed E-state index contributed by atoms with van der Waals surface area (Å²) < 4.78 is 10.2. The number of nitrogens with two attached hydrogens (primary N) is 1. The summed E-state index contributed by atoms with van der Waals surface area (Å²) in [6.07, 6.45) is 3.41. The van der Waals surface area contributed by atoms with Crippen LogP contribution >= 0.6 is 0 Å². The zero-order valence-electron chi connectivity index (χ0n) is 14.3. The predicted molar refractivity (Wildman–Crippen MR) is 92.3 cm³/mol. The molecule has 1 rings (SSSR count). The van der Waals surface area contributed by atoms with E-state index in [2.05, 4.69) is 5.32 Å². The van der Waals surface area contributed by atoms with Gasteiger partial charge in [0.15, 0.2) is 0 Å². The topological polar surface area (TPSA) is 90.6 Å². The highest BCUT2D eigenvalue weighted by molar-refractivity contribution is 5.75. The number of alkyl carbamates (subject to hydrolysis) is 1. The van der Waals surface area contributed by atoms with Crippen molar-refractivity contribution in [2.75, 3.05) is 13.2 Å². The molecule has 6 nitrogen and oxygen atoms in total. The van der Waals surface area contributed by atoms with Crippen LogP contribution in [0.5, 0.6) is 0 Å². The van der Waals surface area contributed by atoms with Gasteiger partial charge >= 0.3 is 12.1 Å². The number of rotatable bonds is 11. The monoisotopic (exact) mass is 336 g/mol. The van der Waals surface area contributed by atoms with Gasteiger partial charge in [0, 0.05) is 6.54 Å². The summed E-state index contributed by atoms with van der Waals surface area (Å²) >= 11 is 0. The zero-order valence-corrected chi connectivity index (χ0v) is 14.3. The van der Waals surface area contributed by atoms with E-state index in [1.165, 1.54) is 0 Å². The standard InChI is InChI=1S/C18H28N2O4/c1-2-3-13-23-17(21)16(19)11-7-8-12-20-18(22)24-14-15-9-5-4-6-10-15/h4-6,9-10,16H,2-3,7-8,11-14,19H2,1H3,(H,20,22)/t16-/m0/s1. The van der Waals surface area contributed by atoms with Crippen molar-refractivity contribution < 1.29 is 19.1 Å². The largest absolute Gasteiger partial charge is 0.465 e. The first-order valence-corrected chi connectivity index (χ1v) is 8.50. The van der Waals surface area contributed by atoms with E-state index in [-0.39, 0.29) is 12.6 Å². The molecule has 0 aliphatic carbocycles. The molecule has 24 heavy (non-hydrogen) atoms. The number of ether oxygens (including phenoxy) is 2. The molecule has 6 heteroatoms. The Morgan fingerprint density at radius 1 is 1.12 bits per heavy atom. The molecule has 0 aliphatic heterocycles. The van der Waals surface area contributed by atoms with Gasteiger partial charge < -0.3 is 20.5 Å². The third-order valence-electron chi connectivity index (χ3n) is 3.47. The van der Waals surface area contributed by atoms with Gasteiger partial charge in [-0.3, -0.25) is 4.79 Å². The van der Waals surface area contributed by atoms with Gasteiger partial charge in [-0.2, -0.15) is 0 Å². The lowest BCUT2D eigenvalue weighted by Gasteiger charge is -2.11. The Labute approximate surface area is 143 Å². The van der Waals surface area contributed by atoms with Gasteiger partial charge in [0.05, 0.1) is 6.61 Å². The van der Waals surface area contributed by atoms with Gasteiger partial charge in [-0.05, 0) is 31.2 Å². The van der Waals surface area contributed by atoms with E-state index in [4.69, 9.17) is 15.2 Å². The number of nitrogens with one attached hydrogen (secondary N) is 1. The summed E-state index contributed by atoms with van der Waals surface area (Å²) in [5, 5.41) is 2.68. The zero-order chi connectivity index (χ0) is 17.6. The van der Waals surface area contributed by atoms with Crippen LogP contribution in [0.25, 0.3) is 0 Å². The Balaban J connectivity index is 2.02. The van der Waals surface area contributed by atoms with Crippen LogP contribution in [0.1, 0.15) is 44.6 Å². The molecule has 0 heterocycles. The fraction of sp³-hybridized carbons (Fsp3) is 0.556. The molecule has 1 aromatic rings. The van der Waals surface area contributed by atoms with E-state index in [0.29, 0.717) is 19.6 Å². The lowest BCUT2D eigenvalue weighted by molar-refractivity contribution is -0.145. The van der Waals surface area contributed by atoms with Gasteiger partial charge in [0.25, 0.3) is 0 Å². The fourth-order valence-electron chi connectivity index (χ4n) is 2.00. The molecule has 0 saturated carbocycles. The quantitative estimate of drug-likeness (QED) is 0.479. The Morgan fingerprint density at radius 2 is 1.88 bits per heavy atom. The Morgan fingerprint density at radius 3 is 2.58 bits per heavy atom. The second-order valence-electron chi connectivity index (χ2n) is 5.61. The molecule has 3 N–H and O–H groups in total. The molecule has 0 unspecified atom stereocenters. The number of carbonyl (C=O) groups is 2. The average Bonchev–Trinajstić information content (AvgIpc) is 2.60. The van der Waals surface area contributed by atoms with Crippen LogP contribution < -0.4 is 11.1 Å². The van der Waals surface area contributed by atoms with Gasteiger partial charge in [-0.25, -0.2) is 4.79 Å². The van der Waals surface area contributed by atoms with E-state index < -0.39 is 12.1 Å². The minimum Gasteiger partial charge on any atom is -0.465 e. The highest BCUT2D eigenvalue weighted by Gasteiger charge is 2.14. The number of amides is 1. The lowest BCUT2D eigenvalue weighted by Crippen LogP contribution is -2.32. The number of hydrogen-bond acceptors (Lipinski definition) is 5. The molecule has 1 aromatic carbocycles. The van der Waals surface area contributed by atoms with Crippen molar-refractivity contribution >= 4 is 12.1 Å². The van der Waals surface area contributed by atoms with Gasteiger partial charge in [-0.1, -0.05) is 43.7 Å². The van der Waals surface area contributed by atoms with Crippen LogP contribution in [0, 0.1) is 0 Å². The molecule has 1 amide bonds. The summed E-state index contributed by atoms with van der Waals surface area (Å²) in [5.41, 5.74) is 6.71. The van der Waals surface area contributed by atoms with E-state index in [9.17, 15) is 9.59 Å². The molecule has 0 saturated heterocycles. The first-order valence-electron chi connectivity index (χ1n) is 8.50. The molecule has 0 radical (unpaired) electrons. The van der Waals surface area contributed by atoms with Crippen molar-refractivity contribution in [1.82, 2.24) is 5.32 Å². The normalized spacial score (nSPS) is 11.6. The number of benzene rings is 1. The van der Waals surface area contributed by atoms with E-state index in [1.807, 2.05) is 37.3 Å². The molecule has 0 aliphatic rings. The smallest absolute Gasteiger partial charge is 0.407 e. The molecule has 0 bridgehead atoms. The summed E-state index contributed by atoms with van der Waals surface area (Å²) in [6.45, 7) is 3.20. The SMILES string of the molecule is CCCCOC(=O)[C@@H](N)CCCCNC(=O)OCc1ccccc1. The molecule has 134 valence electrons. The van der Waals surface area contributed by atoms with E-state index in [1.54, 1.807) is 0 Å². The van der Waals surface area contributed by atoms with Gasteiger partial charge in [-0.15, -0.1) is 0 Å². The molecule has 0 aromatic heterocycles. The third kappa shape index (κ3) is 9.15. The lowest BCUT2D eigenvalue weighted by atomic mass is 10.1. The summed E-state index contributed by atoms with van der Waals surface area (Å²) in [4.78, 5) is 23.1. The minimum atomic E-state index is -0.591. The number of unbranched alkanes of at least 4 members (excludes halogenated alkanes) is 2. The average molecular weight is 336 g/mol. The van der Waals surface area contributed by atoms with Crippen molar-refractivity contribution in [3.63, 3.8) is 0 Å². The number of hydrogen-bond donors (Lipinski definition) is 2. The first kappa shape index (κ1) is 20.0. The summed E-state index contributed by atoms with van der Waals surface area (Å²) in [7, 11) is 0. The Hall–Kier alpha value is -2.08. The first-order chi connectivity index (χ1) is 11.6. The summed E-state index contributed by atoms with van der Waals surface area (Å²) in [6, 6.07) is 8.91. The predicted octanol–water partition coefficient (Wildman–Crippen LogP) is 2.75. The minimum absolute atomic E-state index is 0.251. The maximum absolute atomic E-state index is 11.6. The van der Waals surface area contributed by atoms with Crippen molar-refractivity contribution in [3.05, 3.63) is 35.9 Å². The second-order valence-corrected chi connectivity index (χ2v) is 5.61. The molecule has 0 fully saturated rings. The summed E-state index contributed by atoms with van der Waals surface area (Å²) in [5.74, 6) is -0.348. The molecule has 0 spiro atoms. The maximum Gasteiger partial charge on any atom is 0.407 e. The number of carbonyl (C=O) groups excluding carboxylic acids is 2. The van der Waals surface area contributed by atoms with Gasteiger partial charge in [0.2, 0.25) is 0 Å². The van der Waals surface area contributed by atoms with E-state index in [0.717, 1.165) is 31.2 Å². The fourth-order valence-corrected chi connectivity index (χ4v) is 2.00. The molecular formula is C18H28N2O4. The molecule has 1 atom stereocenters. The van der Waals surface area contributed by atoms with Crippen LogP contribution in [0.15, 0.2) is 30.3 Å². The van der Waals surface area contributed by atoms with Crippen LogP contribution in [-0.4, -0.2) is 31.3 Å². The highest BCUT2D eigenvalue weighted by Crippen LogP contribution is 2.02. The number of esters is 1. The van der Waals surface area contributed by atoms with Crippen LogP contribution in [-0.2, 0) is 20.9 Å². The van der Waals surface area contributed by atoms with Crippen molar-refractivity contribution in [3.8, 4) is 0 Å². The van der Waals surface area contributed by atoms with Crippen LogP contribution in [0.2, 0.25) is 0 Å². The Bertz CT molecular complexity index is 479. The maximum atomic E-state index is 11.6. The van der Waals surface area contributed by atoms with Crippen LogP contribution in [0.3, 0.4) is 0 Å².